The lowest BCUT2D eigenvalue weighted by Gasteiger charge is -2.39. The summed E-state index contributed by atoms with van der Waals surface area (Å²) >= 11 is 0. The second-order valence-electron chi connectivity index (χ2n) is 15.3. The molecular weight excluding hydrogens is 428 g/mol. The molecule has 5 aliphatic rings. The van der Waals surface area contributed by atoms with Gasteiger partial charge in [-0.05, 0) is 142 Å². The van der Waals surface area contributed by atoms with Crippen molar-refractivity contribution in [3.63, 3.8) is 0 Å². The summed E-state index contributed by atoms with van der Waals surface area (Å²) in [5.74, 6) is 2.92. The first-order valence-corrected chi connectivity index (χ1v) is 15.7. The van der Waals surface area contributed by atoms with Crippen LogP contribution in [0.5, 0.6) is 0 Å². The monoisotopic (exact) mass is 486 g/mol. The third-order valence-corrected chi connectivity index (χ3v) is 9.72. The van der Waals surface area contributed by atoms with E-state index in [0.717, 1.165) is 48.0 Å². The summed E-state index contributed by atoms with van der Waals surface area (Å²) in [6, 6.07) is 3.98. The van der Waals surface area contributed by atoms with E-state index in [2.05, 4.69) is 55.5 Å². The second kappa shape index (κ2) is 10.9. The van der Waals surface area contributed by atoms with E-state index in [0.29, 0.717) is 5.54 Å². The average Bonchev–Trinajstić information content (AvgIpc) is 3.62. The summed E-state index contributed by atoms with van der Waals surface area (Å²) in [7, 11) is 0. The third-order valence-electron chi connectivity index (χ3n) is 9.72. The number of hydrogen-bond donors (Lipinski definition) is 3. The standard InChI is InChI=1S/C31H58N4/c1-30(2,3)33-27-14-16-29(17-15-27)35(20-22-6-7-22)21-24-18-23(24)19-31(4,5)34-28-12-10-26(11-13-28)32-25-8-9-25/h22-29,32-34H,6-21H2,1-5H3/t23?,24?,26-,27-,28+,29-. The van der Waals surface area contributed by atoms with E-state index in [1.807, 2.05) is 0 Å². The van der Waals surface area contributed by atoms with Gasteiger partial charge in [0.05, 0.1) is 0 Å². The quantitative estimate of drug-likeness (QED) is 0.323. The van der Waals surface area contributed by atoms with Crippen molar-refractivity contribution in [3.8, 4) is 0 Å². The number of hydrogen-bond acceptors (Lipinski definition) is 4. The molecule has 0 heterocycles. The topological polar surface area (TPSA) is 39.3 Å². The van der Waals surface area contributed by atoms with E-state index >= 15 is 0 Å². The van der Waals surface area contributed by atoms with Crippen molar-refractivity contribution in [1.29, 1.82) is 0 Å². The van der Waals surface area contributed by atoms with Crippen LogP contribution < -0.4 is 16.0 Å². The Balaban J connectivity index is 1.04. The molecule has 3 N–H and O–H groups in total. The van der Waals surface area contributed by atoms with E-state index in [4.69, 9.17) is 0 Å². The van der Waals surface area contributed by atoms with Crippen LogP contribution in [0.15, 0.2) is 0 Å². The van der Waals surface area contributed by atoms with Crippen LogP contribution in [0, 0.1) is 17.8 Å². The first-order valence-electron chi connectivity index (χ1n) is 15.7. The van der Waals surface area contributed by atoms with Crippen LogP contribution in [0.4, 0.5) is 0 Å². The molecule has 0 spiro atoms. The Bertz CT molecular complexity index is 660. The van der Waals surface area contributed by atoms with Crippen molar-refractivity contribution >= 4 is 0 Å². The lowest BCUT2D eigenvalue weighted by atomic mass is 9.87. The number of nitrogens with one attached hydrogen (secondary N) is 3. The lowest BCUT2D eigenvalue weighted by Crippen LogP contribution is -2.49. The summed E-state index contributed by atoms with van der Waals surface area (Å²) in [5, 5.41) is 11.8. The Morgan fingerprint density at radius 2 is 1.14 bits per heavy atom. The zero-order chi connectivity index (χ0) is 24.6. The molecule has 0 aromatic heterocycles. The molecule has 5 saturated carbocycles. The van der Waals surface area contributed by atoms with Gasteiger partial charge in [0.1, 0.15) is 0 Å². The Hall–Kier alpha value is -0.160. The van der Waals surface area contributed by atoms with Crippen LogP contribution in [0.3, 0.4) is 0 Å². The molecule has 2 unspecified atom stereocenters. The third kappa shape index (κ3) is 8.69. The van der Waals surface area contributed by atoms with Crippen LogP contribution in [0.25, 0.3) is 0 Å². The van der Waals surface area contributed by atoms with Gasteiger partial charge in [0.25, 0.3) is 0 Å². The molecule has 202 valence electrons. The van der Waals surface area contributed by atoms with Crippen molar-refractivity contribution in [1.82, 2.24) is 20.9 Å². The van der Waals surface area contributed by atoms with E-state index in [9.17, 15) is 0 Å². The molecule has 5 rings (SSSR count). The highest BCUT2D eigenvalue weighted by molar-refractivity contribution is 4.98. The maximum absolute atomic E-state index is 4.11. The predicted molar refractivity (Wildman–Crippen MR) is 149 cm³/mol. The van der Waals surface area contributed by atoms with Crippen LogP contribution in [0.2, 0.25) is 0 Å². The average molecular weight is 487 g/mol. The van der Waals surface area contributed by atoms with Crippen molar-refractivity contribution < 1.29 is 0 Å². The van der Waals surface area contributed by atoms with Gasteiger partial charge < -0.3 is 16.0 Å². The van der Waals surface area contributed by atoms with Gasteiger partial charge >= 0.3 is 0 Å². The molecule has 0 amide bonds. The minimum atomic E-state index is 0.250. The van der Waals surface area contributed by atoms with E-state index < -0.39 is 0 Å². The van der Waals surface area contributed by atoms with Crippen molar-refractivity contribution in [2.45, 2.75) is 166 Å². The molecule has 2 atom stereocenters. The molecule has 35 heavy (non-hydrogen) atoms. The van der Waals surface area contributed by atoms with Gasteiger partial charge in [-0.1, -0.05) is 0 Å². The van der Waals surface area contributed by atoms with Crippen molar-refractivity contribution in [2.75, 3.05) is 13.1 Å². The fourth-order valence-electron chi connectivity index (χ4n) is 7.54. The molecular formula is C31H58N4. The highest BCUT2D eigenvalue weighted by atomic mass is 15.2. The molecule has 0 saturated heterocycles. The highest BCUT2D eigenvalue weighted by Gasteiger charge is 2.44. The SMILES string of the molecule is CC(C)(C)N[C@H]1CC[C@H](N(CC2CC2)CC2CC2CC(C)(C)N[C@H]2CC[C@@H](NC3CC3)CC2)CC1. The summed E-state index contributed by atoms with van der Waals surface area (Å²) in [4.78, 5) is 2.98. The minimum Gasteiger partial charge on any atom is -0.311 e. The molecule has 0 aromatic rings. The zero-order valence-electron chi connectivity index (χ0n) is 23.9. The fourth-order valence-corrected chi connectivity index (χ4v) is 7.54. The Morgan fingerprint density at radius 1 is 0.600 bits per heavy atom. The molecule has 5 fully saturated rings. The number of nitrogens with zero attached hydrogens (tertiary/aromatic N) is 1. The minimum absolute atomic E-state index is 0.250. The first-order chi connectivity index (χ1) is 16.6. The van der Waals surface area contributed by atoms with Gasteiger partial charge in [-0.15, -0.1) is 0 Å². The number of rotatable bonds is 12. The Labute approximate surface area is 217 Å². The molecule has 5 aliphatic carbocycles. The molecule has 4 nitrogen and oxygen atoms in total. The van der Waals surface area contributed by atoms with E-state index in [1.165, 1.54) is 103 Å². The van der Waals surface area contributed by atoms with Gasteiger partial charge in [-0.25, -0.2) is 0 Å². The summed E-state index contributed by atoms with van der Waals surface area (Å²) in [6.07, 6.45) is 19.7. The summed E-state index contributed by atoms with van der Waals surface area (Å²) in [5.41, 5.74) is 0.541. The lowest BCUT2D eigenvalue weighted by molar-refractivity contribution is 0.123. The van der Waals surface area contributed by atoms with E-state index in [1.54, 1.807) is 0 Å². The normalized spacial score (nSPS) is 36.5. The fraction of sp³-hybridized carbons (Fsp3) is 1.00. The van der Waals surface area contributed by atoms with E-state index in [-0.39, 0.29) is 5.54 Å². The largest absolute Gasteiger partial charge is 0.311 e. The first kappa shape index (κ1) is 26.4. The summed E-state index contributed by atoms with van der Waals surface area (Å²) in [6.45, 7) is 14.7. The maximum atomic E-state index is 4.11. The molecule has 0 bridgehead atoms. The van der Waals surface area contributed by atoms with Crippen LogP contribution in [0.1, 0.15) is 125 Å². The van der Waals surface area contributed by atoms with Crippen LogP contribution in [-0.4, -0.2) is 59.3 Å². The summed E-state index contributed by atoms with van der Waals surface area (Å²) < 4.78 is 0. The van der Waals surface area contributed by atoms with Gasteiger partial charge in [-0.2, -0.15) is 0 Å². The predicted octanol–water partition coefficient (Wildman–Crippen LogP) is 5.86. The smallest absolute Gasteiger partial charge is 0.0130 e. The van der Waals surface area contributed by atoms with Gasteiger partial charge in [0, 0.05) is 54.4 Å². The molecule has 0 radical (unpaired) electrons. The van der Waals surface area contributed by atoms with Crippen LogP contribution in [-0.2, 0) is 0 Å². The molecule has 0 aromatic carbocycles. The molecule has 0 aliphatic heterocycles. The zero-order valence-corrected chi connectivity index (χ0v) is 23.9. The second-order valence-corrected chi connectivity index (χ2v) is 15.3. The molecule has 4 heteroatoms. The van der Waals surface area contributed by atoms with Gasteiger partial charge in [0.2, 0.25) is 0 Å². The van der Waals surface area contributed by atoms with Crippen LogP contribution >= 0.6 is 0 Å². The Morgan fingerprint density at radius 3 is 1.71 bits per heavy atom. The van der Waals surface area contributed by atoms with Gasteiger partial charge in [0.15, 0.2) is 0 Å². The van der Waals surface area contributed by atoms with Gasteiger partial charge in [-0.3, -0.25) is 4.90 Å². The Kier molecular flexibility index (Phi) is 8.24. The van der Waals surface area contributed by atoms with Crippen molar-refractivity contribution in [3.05, 3.63) is 0 Å². The van der Waals surface area contributed by atoms with Crippen molar-refractivity contribution in [2.24, 2.45) is 17.8 Å². The highest BCUT2D eigenvalue weighted by Crippen LogP contribution is 2.46. The maximum Gasteiger partial charge on any atom is 0.0130 e.